The summed E-state index contributed by atoms with van der Waals surface area (Å²) in [6.45, 7) is 1.93. The minimum atomic E-state index is -6.54. The predicted octanol–water partition coefficient (Wildman–Crippen LogP) is 7.99. The summed E-state index contributed by atoms with van der Waals surface area (Å²) in [5.74, 6) is -26.3. The maximum atomic E-state index is 14.9. The third kappa shape index (κ3) is 3.24. The number of Topliss-reactive ketones (excluding diaryl/α,β-unsaturated/α-hetero) is 2. The first-order chi connectivity index (χ1) is 14.4. The fourth-order valence-corrected chi connectivity index (χ4v) is 5.79. The average Bonchev–Trinajstić information content (AvgIpc) is 3.21. The summed E-state index contributed by atoms with van der Waals surface area (Å²) in [6.07, 6.45) is 0. The molecule has 2 heterocycles. The zero-order valence-electron chi connectivity index (χ0n) is 15.6. The number of ketones is 2. The number of hydrogen-bond donors (Lipinski definition) is 0. The monoisotopic (exact) mass is 542 g/mol. The Morgan fingerprint density at radius 1 is 0.688 bits per heavy atom. The highest BCUT2D eigenvalue weighted by atomic mass is 35.5. The third-order valence-electron chi connectivity index (χ3n) is 4.58. The second-order valence-corrected chi connectivity index (χ2v) is 9.65. The molecule has 3 rings (SSSR count). The minimum absolute atomic E-state index is 0.0591. The Bertz CT molecular complexity index is 1090. The van der Waals surface area contributed by atoms with Gasteiger partial charge in [-0.1, -0.05) is 23.2 Å². The lowest BCUT2D eigenvalue weighted by Crippen LogP contribution is -2.66. The lowest BCUT2D eigenvalue weighted by atomic mass is 9.78. The molecule has 0 unspecified atom stereocenters. The molecule has 0 aromatic carbocycles. The molecule has 0 amide bonds. The summed E-state index contributed by atoms with van der Waals surface area (Å²) in [7, 11) is 0. The van der Waals surface area contributed by atoms with Crippen LogP contribution in [0.1, 0.15) is 42.9 Å². The van der Waals surface area contributed by atoms with E-state index in [1.165, 1.54) is 0 Å². The van der Waals surface area contributed by atoms with Crippen LogP contribution in [0.25, 0.3) is 11.1 Å². The van der Waals surface area contributed by atoms with Gasteiger partial charge < -0.3 is 0 Å². The quantitative estimate of drug-likeness (QED) is 0.290. The van der Waals surface area contributed by atoms with Crippen molar-refractivity contribution >= 4 is 68.6 Å². The number of thiophene rings is 2. The topological polar surface area (TPSA) is 34.1 Å². The van der Waals surface area contributed by atoms with E-state index in [1.807, 2.05) is 0 Å². The average molecular weight is 543 g/mol. The van der Waals surface area contributed by atoms with Crippen LogP contribution in [-0.4, -0.2) is 35.3 Å². The first kappa shape index (κ1) is 25.1. The first-order valence-corrected chi connectivity index (χ1v) is 10.7. The molecule has 32 heavy (non-hydrogen) atoms. The van der Waals surface area contributed by atoms with Crippen LogP contribution >= 0.6 is 45.9 Å². The van der Waals surface area contributed by atoms with Crippen LogP contribution in [0.2, 0.25) is 10.0 Å². The smallest absolute Gasteiger partial charge is 0.294 e. The Kier molecular flexibility index (Phi) is 5.89. The first-order valence-electron chi connectivity index (χ1n) is 8.27. The van der Waals surface area contributed by atoms with Gasteiger partial charge in [-0.15, -0.1) is 22.7 Å². The van der Waals surface area contributed by atoms with Gasteiger partial charge in [0.25, 0.3) is 0 Å². The van der Waals surface area contributed by atoms with E-state index in [0.717, 1.165) is 26.0 Å². The van der Waals surface area contributed by atoms with Crippen LogP contribution in [0.15, 0.2) is 12.1 Å². The normalized spacial score (nSPS) is 21.0. The summed E-state index contributed by atoms with van der Waals surface area (Å²) >= 11 is 11.7. The van der Waals surface area contributed by atoms with Crippen molar-refractivity contribution in [2.75, 3.05) is 0 Å². The lowest BCUT2D eigenvalue weighted by molar-refractivity contribution is -0.344. The van der Waals surface area contributed by atoms with Crippen molar-refractivity contribution in [1.82, 2.24) is 0 Å². The highest BCUT2D eigenvalue weighted by molar-refractivity contribution is 7.17. The molecule has 1 aliphatic rings. The molecule has 2 nitrogen and oxygen atoms in total. The Morgan fingerprint density at radius 3 is 1.19 bits per heavy atom. The highest BCUT2D eigenvalue weighted by Gasteiger charge is 2.86. The molecule has 0 bridgehead atoms. The van der Waals surface area contributed by atoms with Crippen molar-refractivity contribution in [3.05, 3.63) is 41.7 Å². The van der Waals surface area contributed by atoms with Crippen LogP contribution in [-0.2, 0) is 0 Å². The van der Waals surface area contributed by atoms with Gasteiger partial charge in [-0.3, -0.25) is 9.59 Å². The highest BCUT2D eigenvalue weighted by Crippen LogP contribution is 2.67. The van der Waals surface area contributed by atoms with Gasteiger partial charge in [0.1, 0.15) is 0 Å². The van der Waals surface area contributed by atoms with E-state index in [2.05, 4.69) is 0 Å². The molecule has 14 heteroatoms. The second-order valence-electron chi connectivity index (χ2n) is 6.74. The van der Waals surface area contributed by atoms with Gasteiger partial charge in [0.2, 0.25) is 0 Å². The molecule has 0 radical (unpaired) electrons. The maximum Gasteiger partial charge on any atom is 0.383 e. The van der Waals surface area contributed by atoms with Gasteiger partial charge in [0.05, 0.1) is 40.7 Å². The van der Waals surface area contributed by atoms with Gasteiger partial charge in [-0.25, -0.2) is 0 Å². The van der Waals surface area contributed by atoms with E-state index in [4.69, 9.17) is 23.2 Å². The van der Waals surface area contributed by atoms with Gasteiger partial charge in [-0.2, -0.15) is 35.1 Å². The summed E-state index contributed by atoms with van der Waals surface area (Å²) in [4.78, 5) is 20.2. The summed E-state index contributed by atoms with van der Waals surface area (Å²) < 4.78 is 117. The van der Waals surface area contributed by atoms with Crippen LogP contribution in [0.3, 0.4) is 0 Å². The summed E-state index contributed by atoms with van der Waals surface area (Å²) in [5.41, 5.74) is -4.39. The third-order valence-corrected chi connectivity index (χ3v) is 7.91. The summed E-state index contributed by atoms with van der Waals surface area (Å²) in [6, 6.07) is 1.54. The van der Waals surface area contributed by atoms with Gasteiger partial charge in [0.15, 0.2) is 11.6 Å². The van der Waals surface area contributed by atoms with Crippen molar-refractivity contribution in [3.8, 4) is 0 Å². The molecule has 174 valence electrons. The number of halogens is 10. The Balaban J connectivity index is 2.57. The number of rotatable bonds is 4. The molecule has 2 aromatic rings. The maximum absolute atomic E-state index is 14.9. The summed E-state index contributed by atoms with van der Waals surface area (Å²) in [5, 5.41) is -1.60. The molecule has 0 N–H and O–H groups in total. The molecule has 2 aromatic heterocycles. The fourth-order valence-electron chi connectivity index (χ4n) is 2.96. The Hall–Kier alpha value is -1.50. The van der Waals surface area contributed by atoms with E-state index in [-0.39, 0.29) is 32.4 Å². The van der Waals surface area contributed by atoms with E-state index in [1.54, 1.807) is 0 Å². The van der Waals surface area contributed by atoms with E-state index in [0.29, 0.717) is 0 Å². The van der Waals surface area contributed by atoms with E-state index in [9.17, 15) is 44.7 Å². The molecule has 0 spiro atoms. The second kappa shape index (κ2) is 7.51. The molecule has 0 aliphatic heterocycles. The van der Waals surface area contributed by atoms with Crippen LogP contribution < -0.4 is 0 Å². The largest absolute Gasteiger partial charge is 0.383 e. The molecule has 0 atom stereocenters. The van der Waals surface area contributed by atoms with Crippen molar-refractivity contribution < 1.29 is 44.7 Å². The van der Waals surface area contributed by atoms with Crippen LogP contribution in [0.4, 0.5) is 35.1 Å². The van der Waals surface area contributed by atoms with E-state index >= 15 is 0 Å². The van der Waals surface area contributed by atoms with Crippen molar-refractivity contribution in [2.24, 2.45) is 0 Å². The van der Waals surface area contributed by atoms with Crippen LogP contribution in [0, 0.1) is 0 Å². The van der Waals surface area contributed by atoms with E-state index < -0.39 is 66.2 Å². The number of allylic oxidation sites excluding steroid dienone is 2. The Labute approximate surface area is 192 Å². The minimum Gasteiger partial charge on any atom is -0.294 e. The fraction of sp³-hybridized carbons (Fsp3) is 0.333. The molecular weight excluding hydrogens is 535 g/mol. The molecular formula is C18H8Cl2F8O2S2. The van der Waals surface area contributed by atoms with Crippen molar-refractivity contribution in [1.29, 1.82) is 0 Å². The van der Waals surface area contributed by atoms with Gasteiger partial charge >= 0.3 is 23.7 Å². The zero-order chi connectivity index (χ0) is 24.6. The van der Waals surface area contributed by atoms with Gasteiger partial charge in [0, 0.05) is 0 Å². The number of hydrogen-bond acceptors (Lipinski definition) is 4. The standard InChI is InChI=1S/C18H8Cl2F8O2S2/c1-5(29)9-3-7(19)13(31-9)11-12(14-8(20)4-10(32-14)6(2)30)16(23,24)18(27,28)17(25,26)15(11,21)22/h3-4H,1-2H3. The molecule has 0 fully saturated rings. The number of carbonyl (C=O) groups excluding carboxylic acids is 2. The Morgan fingerprint density at radius 2 is 0.969 bits per heavy atom. The zero-order valence-corrected chi connectivity index (χ0v) is 18.7. The van der Waals surface area contributed by atoms with Crippen molar-refractivity contribution in [3.63, 3.8) is 0 Å². The number of carbonyl (C=O) groups is 2. The number of alkyl halides is 8. The molecule has 0 saturated carbocycles. The molecule has 0 saturated heterocycles. The van der Waals surface area contributed by atoms with Gasteiger partial charge in [-0.05, 0) is 26.0 Å². The van der Waals surface area contributed by atoms with Crippen molar-refractivity contribution in [2.45, 2.75) is 37.5 Å². The predicted molar refractivity (Wildman–Crippen MR) is 105 cm³/mol. The lowest BCUT2D eigenvalue weighted by Gasteiger charge is -2.43. The SMILES string of the molecule is CC(=O)c1cc(Cl)c(C2=C(c3sc(C(C)=O)cc3Cl)C(F)(F)C(F)(F)C(F)(F)C2(F)F)s1. The molecule has 1 aliphatic carbocycles. The van der Waals surface area contributed by atoms with Crippen LogP contribution in [0.5, 0.6) is 0 Å².